The molecule has 1 aliphatic rings. The maximum absolute atomic E-state index is 12.8. The fraction of sp³-hybridized carbons (Fsp3) is 0.263. The van der Waals surface area contributed by atoms with Crippen LogP contribution in [0.1, 0.15) is 42.0 Å². The van der Waals surface area contributed by atoms with E-state index in [2.05, 4.69) is 15.5 Å². The van der Waals surface area contributed by atoms with Crippen LogP contribution in [0.25, 0.3) is 5.65 Å². The molecule has 0 spiro atoms. The second kappa shape index (κ2) is 6.59. The topological polar surface area (TPSA) is 79.6 Å². The van der Waals surface area contributed by atoms with Crippen LogP contribution >= 0.6 is 0 Å². The SMILES string of the molecule is CC(=O)c1cccc(NC(=O)N2CCCC2c2nnc3ccccn23)c1. The van der Waals surface area contributed by atoms with Gasteiger partial charge in [0.2, 0.25) is 0 Å². The Morgan fingerprint density at radius 2 is 2.04 bits per heavy atom. The number of fused-ring (bicyclic) bond motifs is 1. The van der Waals surface area contributed by atoms with Gasteiger partial charge in [-0.05, 0) is 44.0 Å². The number of carbonyl (C=O) groups is 2. The summed E-state index contributed by atoms with van der Waals surface area (Å²) < 4.78 is 1.92. The second-order valence-electron chi connectivity index (χ2n) is 6.41. The molecule has 0 bridgehead atoms. The van der Waals surface area contributed by atoms with Crippen molar-refractivity contribution in [3.8, 4) is 0 Å². The van der Waals surface area contributed by atoms with Crippen LogP contribution in [-0.2, 0) is 0 Å². The summed E-state index contributed by atoms with van der Waals surface area (Å²) >= 11 is 0. The van der Waals surface area contributed by atoms with E-state index < -0.39 is 0 Å². The molecule has 7 nitrogen and oxygen atoms in total. The number of rotatable bonds is 3. The molecule has 2 amide bonds. The zero-order valence-corrected chi connectivity index (χ0v) is 14.4. The Morgan fingerprint density at radius 1 is 1.15 bits per heavy atom. The summed E-state index contributed by atoms with van der Waals surface area (Å²) in [7, 11) is 0. The van der Waals surface area contributed by atoms with E-state index in [0.29, 0.717) is 17.8 Å². The van der Waals surface area contributed by atoms with E-state index in [1.54, 1.807) is 29.2 Å². The number of hydrogen-bond donors (Lipinski definition) is 1. The fourth-order valence-electron chi connectivity index (χ4n) is 3.38. The standard InChI is InChI=1S/C19H19N5O2/c1-13(25)14-6-4-7-15(12-14)20-19(26)23-11-5-8-16(23)18-22-21-17-9-2-3-10-24(17)18/h2-4,6-7,9-10,12,16H,5,8,11H2,1H3,(H,20,26). The Morgan fingerprint density at radius 3 is 2.88 bits per heavy atom. The maximum Gasteiger partial charge on any atom is 0.322 e. The highest BCUT2D eigenvalue weighted by molar-refractivity contribution is 5.96. The zero-order chi connectivity index (χ0) is 18.1. The largest absolute Gasteiger partial charge is 0.322 e. The van der Waals surface area contributed by atoms with Gasteiger partial charge in [-0.3, -0.25) is 9.20 Å². The van der Waals surface area contributed by atoms with E-state index in [4.69, 9.17) is 0 Å². The number of carbonyl (C=O) groups excluding carboxylic acids is 2. The summed E-state index contributed by atoms with van der Waals surface area (Å²) in [5, 5.41) is 11.4. The van der Waals surface area contributed by atoms with Gasteiger partial charge in [0.05, 0.1) is 6.04 Å². The number of likely N-dealkylation sites (tertiary alicyclic amines) is 1. The van der Waals surface area contributed by atoms with Crippen LogP contribution in [0.5, 0.6) is 0 Å². The molecule has 3 heterocycles. The first-order chi connectivity index (χ1) is 12.6. The first-order valence-electron chi connectivity index (χ1n) is 8.62. The third-order valence-electron chi connectivity index (χ3n) is 4.67. The minimum Gasteiger partial charge on any atom is -0.314 e. The number of nitrogens with zero attached hydrogens (tertiary/aromatic N) is 4. The van der Waals surface area contributed by atoms with Crippen molar-refractivity contribution in [2.75, 3.05) is 11.9 Å². The summed E-state index contributed by atoms with van der Waals surface area (Å²) in [6, 6.07) is 12.4. The second-order valence-corrected chi connectivity index (χ2v) is 6.41. The van der Waals surface area contributed by atoms with Crippen LogP contribution in [0, 0.1) is 0 Å². The van der Waals surface area contributed by atoms with E-state index in [-0.39, 0.29) is 17.9 Å². The molecule has 1 N–H and O–H groups in total. The lowest BCUT2D eigenvalue weighted by Crippen LogP contribution is -2.35. The molecule has 1 aromatic carbocycles. The van der Waals surface area contributed by atoms with Crippen molar-refractivity contribution in [3.63, 3.8) is 0 Å². The van der Waals surface area contributed by atoms with Gasteiger partial charge in [0, 0.05) is 24.0 Å². The van der Waals surface area contributed by atoms with Gasteiger partial charge in [-0.25, -0.2) is 4.79 Å². The Hall–Kier alpha value is -3.22. The Kier molecular flexibility index (Phi) is 4.12. The van der Waals surface area contributed by atoms with E-state index >= 15 is 0 Å². The van der Waals surface area contributed by atoms with Crippen molar-refractivity contribution in [2.45, 2.75) is 25.8 Å². The Balaban J connectivity index is 1.57. The van der Waals surface area contributed by atoms with Gasteiger partial charge in [-0.15, -0.1) is 10.2 Å². The predicted molar refractivity (Wildman–Crippen MR) is 97.1 cm³/mol. The highest BCUT2D eigenvalue weighted by atomic mass is 16.2. The monoisotopic (exact) mass is 349 g/mol. The normalized spacial score (nSPS) is 16.8. The van der Waals surface area contributed by atoms with Crippen molar-refractivity contribution in [2.24, 2.45) is 0 Å². The van der Waals surface area contributed by atoms with E-state index in [0.717, 1.165) is 24.3 Å². The number of anilines is 1. The van der Waals surface area contributed by atoms with Gasteiger partial charge in [0.15, 0.2) is 17.3 Å². The Bertz CT molecular complexity index is 981. The molecule has 1 unspecified atom stereocenters. The van der Waals surface area contributed by atoms with E-state index in [1.165, 1.54) is 6.92 Å². The van der Waals surface area contributed by atoms with Crippen LogP contribution in [0.15, 0.2) is 48.7 Å². The number of amides is 2. The molecular weight excluding hydrogens is 330 g/mol. The number of pyridine rings is 1. The fourth-order valence-corrected chi connectivity index (χ4v) is 3.38. The highest BCUT2D eigenvalue weighted by Crippen LogP contribution is 2.31. The summed E-state index contributed by atoms with van der Waals surface area (Å²) in [5.74, 6) is 0.737. The quantitative estimate of drug-likeness (QED) is 0.736. The van der Waals surface area contributed by atoms with Gasteiger partial charge in [0.1, 0.15) is 0 Å². The first-order valence-corrected chi connectivity index (χ1v) is 8.62. The molecule has 4 rings (SSSR count). The van der Waals surface area contributed by atoms with Crippen molar-refractivity contribution in [1.29, 1.82) is 0 Å². The number of urea groups is 1. The molecule has 1 aliphatic heterocycles. The maximum atomic E-state index is 12.8. The van der Waals surface area contributed by atoms with Crippen molar-refractivity contribution < 1.29 is 9.59 Å². The minimum atomic E-state index is -0.194. The van der Waals surface area contributed by atoms with Crippen LogP contribution in [0.3, 0.4) is 0 Å². The first kappa shape index (κ1) is 16.3. The van der Waals surface area contributed by atoms with Gasteiger partial charge in [-0.1, -0.05) is 18.2 Å². The molecule has 1 atom stereocenters. The number of ketones is 1. The average molecular weight is 349 g/mol. The predicted octanol–water partition coefficient (Wildman–Crippen LogP) is 3.30. The number of aromatic nitrogens is 3. The summed E-state index contributed by atoms with van der Waals surface area (Å²) in [6.45, 7) is 2.17. The molecule has 0 aliphatic carbocycles. The van der Waals surface area contributed by atoms with Crippen molar-refractivity contribution >= 4 is 23.1 Å². The molecular formula is C19H19N5O2. The smallest absolute Gasteiger partial charge is 0.314 e. The van der Waals surface area contributed by atoms with Crippen molar-refractivity contribution in [1.82, 2.24) is 19.5 Å². The van der Waals surface area contributed by atoms with Gasteiger partial charge in [0.25, 0.3) is 0 Å². The number of Topliss-reactive ketones (excluding diaryl/α,β-unsaturated/α-hetero) is 1. The number of hydrogen-bond acceptors (Lipinski definition) is 4. The molecule has 1 saturated heterocycles. The van der Waals surface area contributed by atoms with Gasteiger partial charge >= 0.3 is 6.03 Å². The Labute approximate surface area is 150 Å². The van der Waals surface area contributed by atoms with E-state index in [9.17, 15) is 9.59 Å². The molecule has 3 aromatic rings. The molecule has 1 fully saturated rings. The third kappa shape index (κ3) is 2.92. The minimum absolute atomic E-state index is 0.0323. The van der Waals surface area contributed by atoms with E-state index in [1.807, 2.05) is 28.8 Å². The summed E-state index contributed by atoms with van der Waals surface area (Å²) in [4.78, 5) is 26.1. The summed E-state index contributed by atoms with van der Waals surface area (Å²) in [5.41, 5.74) is 1.95. The lowest BCUT2D eigenvalue weighted by Gasteiger charge is -2.24. The molecule has 2 aromatic heterocycles. The number of benzene rings is 1. The molecule has 132 valence electrons. The third-order valence-corrected chi connectivity index (χ3v) is 4.67. The van der Waals surface area contributed by atoms with Crippen LogP contribution in [-0.4, -0.2) is 37.9 Å². The molecule has 7 heteroatoms. The van der Waals surface area contributed by atoms with Gasteiger partial charge in [-0.2, -0.15) is 0 Å². The van der Waals surface area contributed by atoms with Crippen LogP contribution in [0.4, 0.5) is 10.5 Å². The van der Waals surface area contributed by atoms with Crippen LogP contribution in [0.2, 0.25) is 0 Å². The lowest BCUT2D eigenvalue weighted by molar-refractivity contribution is 0.101. The average Bonchev–Trinajstić information content (AvgIpc) is 3.28. The zero-order valence-electron chi connectivity index (χ0n) is 14.4. The number of nitrogens with one attached hydrogen (secondary N) is 1. The van der Waals surface area contributed by atoms with Crippen molar-refractivity contribution in [3.05, 3.63) is 60.0 Å². The highest BCUT2D eigenvalue weighted by Gasteiger charge is 2.33. The molecule has 26 heavy (non-hydrogen) atoms. The van der Waals surface area contributed by atoms with Gasteiger partial charge < -0.3 is 10.2 Å². The molecule has 0 saturated carbocycles. The van der Waals surface area contributed by atoms with Crippen LogP contribution < -0.4 is 5.32 Å². The summed E-state index contributed by atoms with van der Waals surface area (Å²) in [6.07, 6.45) is 3.67. The lowest BCUT2D eigenvalue weighted by atomic mass is 10.1. The molecule has 0 radical (unpaired) electrons.